The molecule has 2 unspecified atom stereocenters. The molecule has 2 amide bonds. The second-order valence-electron chi connectivity index (χ2n) is 10.8. The van der Waals surface area contributed by atoms with E-state index in [0.29, 0.717) is 35.4 Å². The molecule has 0 saturated carbocycles. The van der Waals surface area contributed by atoms with Gasteiger partial charge in [0.05, 0.1) is 37.7 Å². The summed E-state index contributed by atoms with van der Waals surface area (Å²) in [7, 11) is 3.23. The molecule has 4 aromatic rings. The Hall–Kier alpha value is -5.13. The summed E-state index contributed by atoms with van der Waals surface area (Å²) in [5.74, 6) is 1.62. The van der Waals surface area contributed by atoms with Gasteiger partial charge in [0.1, 0.15) is 23.0 Å². The Kier molecular flexibility index (Phi) is 11.4. The molecule has 0 saturated heterocycles. The van der Waals surface area contributed by atoms with Crippen LogP contribution in [-0.4, -0.2) is 57.7 Å². The van der Waals surface area contributed by atoms with Crippen LogP contribution >= 0.6 is 0 Å². The van der Waals surface area contributed by atoms with Crippen LogP contribution in [-0.2, 0) is 26.4 Å². The number of hydrazone groups is 2. The van der Waals surface area contributed by atoms with Crippen molar-refractivity contribution in [2.75, 3.05) is 14.2 Å². The van der Waals surface area contributed by atoms with Gasteiger partial charge in [0, 0.05) is 54.6 Å². The van der Waals surface area contributed by atoms with Crippen LogP contribution < -0.4 is 9.47 Å². The minimum atomic E-state index is -0.173. The summed E-state index contributed by atoms with van der Waals surface area (Å²) in [5.41, 5.74) is 4.70. The molecule has 10 nitrogen and oxygen atoms in total. The minimum Gasteiger partial charge on any atom is -0.507 e. The third-order valence-corrected chi connectivity index (χ3v) is 7.90. The monoisotopic (exact) mass is 679 g/mol. The first-order valence-electron chi connectivity index (χ1n) is 14.8. The van der Waals surface area contributed by atoms with E-state index in [4.69, 9.17) is 9.47 Å². The first kappa shape index (κ1) is 34.7. The molecule has 11 heteroatoms. The van der Waals surface area contributed by atoms with Gasteiger partial charge < -0.3 is 19.7 Å². The largest absolute Gasteiger partial charge is 0.507 e. The minimum absolute atomic E-state index is 0. The number of ether oxygens (including phenoxy) is 2. The van der Waals surface area contributed by atoms with Crippen molar-refractivity contribution < 1.29 is 46.1 Å². The summed E-state index contributed by atoms with van der Waals surface area (Å²) in [6, 6.07) is 28.9. The number of nitrogens with zero attached hydrogens (tertiary/aromatic N) is 4. The molecule has 4 aromatic carbocycles. The van der Waals surface area contributed by atoms with Gasteiger partial charge in [-0.05, 0) is 59.7 Å². The zero-order chi connectivity index (χ0) is 32.8. The maximum atomic E-state index is 11.9. The number of amides is 2. The fraction of sp³-hybridized carbons (Fsp3) is 0.222. The second kappa shape index (κ2) is 15.4. The Bertz CT molecular complexity index is 1640. The normalized spacial score (nSPS) is 16.7. The number of hydrogen-bond acceptors (Lipinski definition) is 8. The zero-order valence-corrected chi connectivity index (χ0v) is 27.5. The fourth-order valence-corrected chi connectivity index (χ4v) is 5.53. The smallest absolute Gasteiger partial charge is 0.240 e. The Labute approximate surface area is 284 Å². The van der Waals surface area contributed by atoms with E-state index in [1.54, 1.807) is 38.5 Å². The van der Waals surface area contributed by atoms with Crippen LogP contribution in [0.15, 0.2) is 107 Å². The number of phenols is 2. The van der Waals surface area contributed by atoms with E-state index in [0.717, 1.165) is 22.6 Å². The zero-order valence-electron chi connectivity index (χ0n) is 26.5. The van der Waals surface area contributed by atoms with E-state index in [-0.39, 0.29) is 52.2 Å². The first-order valence-corrected chi connectivity index (χ1v) is 14.8. The van der Waals surface area contributed by atoms with Gasteiger partial charge in [-0.3, -0.25) is 9.59 Å². The summed E-state index contributed by atoms with van der Waals surface area (Å²) in [4.78, 5) is 23.9. The second-order valence-corrected chi connectivity index (χ2v) is 10.8. The molecule has 2 atom stereocenters. The number of methoxy groups -OCH3 is 2. The van der Waals surface area contributed by atoms with Gasteiger partial charge in [0.25, 0.3) is 0 Å². The molecular formula is C36H36CoN4O6. The Balaban J connectivity index is 0.000000208. The summed E-state index contributed by atoms with van der Waals surface area (Å²) in [6.45, 7) is 2.99. The molecule has 245 valence electrons. The maximum Gasteiger partial charge on any atom is 0.240 e. The van der Waals surface area contributed by atoms with Crippen molar-refractivity contribution in [3.05, 3.63) is 119 Å². The predicted octanol–water partition coefficient (Wildman–Crippen LogP) is 6.19. The number of phenolic OH excluding ortho intramolecular Hbond substituents is 2. The van der Waals surface area contributed by atoms with Crippen molar-refractivity contribution in [3.63, 3.8) is 0 Å². The SMILES string of the molecule is COc1ccc(C2CC(c3ccccc3O)=NN2C(C)=O)cc1.COc1ccc(C2CC(c3ccccc3O)=NN2C(C)=O)cc1.[Co]. The Morgan fingerprint density at radius 3 is 1.26 bits per heavy atom. The third kappa shape index (κ3) is 7.82. The van der Waals surface area contributed by atoms with Crippen molar-refractivity contribution in [3.8, 4) is 23.0 Å². The predicted molar refractivity (Wildman–Crippen MR) is 175 cm³/mol. The number of hydrogen-bond donors (Lipinski definition) is 2. The molecule has 47 heavy (non-hydrogen) atoms. The number of carbonyl (C=O) groups is 2. The molecule has 0 aliphatic carbocycles. The van der Waals surface area contributed by atoms with Gasteiger partial charge in [-0.1, -0.05) is 48.5 Å². The molecule has 0 bridgehead atoms. The van der Waals surface area contributed by atoms with Crippen molar-refractivity contribution in [1.29, 1.82) is 0 Å². The maximum absolute atomic E-state index is 11.9. The first-order chi connectivity index (χ1) is 22.2. The van der Waals surface area contributed by atoms with Crippen molar-refractivity contribution in [1.82, 2.24) is 10.0 Å². The van der Waals surface area contributed by atoms with Crippen LogP contribution in [0.25, 0.3) is 0 Å². The average Bonchev–Trinajstić information content (AvgIpc) is 3.72. The van der Waals surface area contributed by atoms with E-state index in [9.17, 15) is 19.8 Å². The molecular weight excluding hydrogens is 643 g/mol. The summed E-state index contributed by atoms with van der Waals surface area (Å²) < 4.78 is 10.3. The van der Waals surface area contributed by atoms with E-state index in [2.05, 4.69) is 10.2 Å². The molecule has 6 rings (SSSR count). The standard InChI is InChI=1S/2C18H18N2O3.Co/c2*1-12(21)20-17(13-7-9-14(23-2)10-8-13)11-16(19-20)15-5-3-4-6-18(15)22;/h2*3-10,17,22H,11H2,1-2H3;. The molecule has 2 aliphatic heterocycles. The van der Waals surface area contributed by atoms with Crippen LogP contribution in [0.3, 0.4) is 0 Å². The summed E-state index contributed by atoms with van der Waals surface area (Å²) in [5, 5.41) is 31.8. The van der Waals surface area contributed by atoms with Crippen LogP contribution in [0.5, 0.6) is 23.0 Å². The fourth-order valence-electron chi connectivity index (χ4n) is 5.53. The summed E-state index contributed by atoms with van der Waals surface area (Å²) >= 11 is 0. The quantitative estimate of drug-likeness (QED) is 0.250. The Morgan fingerprint density at radius 1 is 0.617 bits per heavy atom. The number of rotatable bonds is 6. The molecule has 2 N–H and O–H groups in total. The third-order valence-electron chi connectivity index (χ3n) is 7.90. The van der Waals surface area contributed by atoms with E-state index >= 15 is 0 Å². The van der Waals surface area contributed by atoms with E-state index in [1.807, 2.05) is 72.8 Å². The van der Waals surface area contributed by atoms with Gasteiger partial charge in [-0.25, -0.2) is 10.0 Å². The van der Waals surface area contributed by atoms with Gasteiger partial charge in [-0.15, -0.1) is 0 Å². The molecule has 2 aliphatic rings. The number of carbonyl (C=O) groups excluding carboxylic acids is 2. The van der Waals surface area contributed by atoms with Crippen LogP contribution in [0.4, 0.5) is 0 Å². The van der Waals surface area contributed by atoms with Crippen LogP contribution in [0.1, 0.15) is 61.0 Å². The van der Waals surface area contributed by atoms with Crippen molar-refractivity contribution in [2.45, 2.75) is 38.8 Å². The van der Waals surface area contributed by atoms with E-state index < -0.39 is 0 Å². The van der Waals surface area contributed by atoms with Crippen molar-refractivity contribution >= 4 is 23.2 Å². The average molecular weight is 680 g/mol. The number of aromatic hydroxyl groups is 2. The van der Waals surface area contributed by atoms with Crippen LogP contribution in [0.2, 0.25) is 0 Å². The van der Waals surface area contributed by atoms with Gasteiger partial charge in [0.2, 0.25) is 11.8 Å². The van der Waals surface area contributed by atoms with E-state index in [1.165, 1.54) is 23.9 Å². The van der Waals surface area contributed by atoms with Crippen molar-refractivity contribution in [2.24, 2.45) is 10.2 Å². The Morgan fingerprint density at radius 2 is 0.957 bits per heavy atom. The molecule has 0 fully saturated rings. The molecule has 2 heterocycles. The molecule has 0 spiro atoms. The van der Waals surface area contributed by atoms with Gasteiger partial charge in [0.15, 0.2) is 0 Å². The molecule has 0 aromatic heterocycles. The number of para-hydroxylation sites is 2. The topological polar surface area (TPSA) is 124 Å². The van der Waals surface area contributed by atoms with Gasteiger partial charge >= 0.3 is 0 Å². The molecule has 1 radical (unpaired) electrons. The summed E-state index contributed by atoms with van der Waals surface area (Å²) in [6.07, 6.45) is 1.12. The van der Waals surface area contributed by atoms with Crippen LogP contribution in [0, 0.1) is 0 Å². The van der Waals surface area contributed by atoms with Gasteiger partial charge in [-0.2, -0.15) is 10.2 Å². The number of benzene rings is 4.